The molecule has 27 heavy (non-hydrogen) atoms. The molecule has 10 heteroatoms. The second kappa shape index (κ2) is 7.21. The molecular weight excluding hydrogens is 389 g/mol. The van der Waals surface area contributed by atoms with E-state index in [1.807, 2.05) is 12.1 Å². The fraction of sp³-hybridized carbons (Fsp3) is 0.294. The molecule has 1 aromatic carbocycles. The number of piperidine rings is 1. The lowest BCUT2D eigenvalue weighted by atomic mass is 10.1. The van der Waals surface area contributed by atoms with Crippen LogP contribution in [0.25, 0.3) is 17.0 Å². The maximum Gasteiger partial charge on any atom is 0.312 e. The molecule has 0 spiro atoms. The fourth-order valence-electron chi connectivity index (χ4n) is 3.26. The minimum atomic E-state index is -0.484. The first-order valence-electron chi connectivity index (χ1n) is 8.49. The van der Waals surface area contributed by atoms with Gasteiger partial charge in [0.25, 0.3) is 0 Å². The topological polar surface area (TPSA) is 101 Å². The van der Waals surface area contributed by atoms with Gasteiger partial charge in [0.05, 0.1) is 0 Å². The highest BCUT2D eigenvalue weighted by Crippen LogP contribution is 2.27. The molecule has 3 heterocycles. The number of nitrogens with two attached hydrogens (primary N) is 1. The number of aromatic nitrogens is 4. The van der Waals surface area contributed by atoms with Gasteiger partial charge in [0.2, 0.25) is 0 Å². The van der Waals surface area contributed by atoms with Crippen molar-refractivity contribution >= 4 is 40.7 Å². The van der Waals surface area contributed by atoms with E-state index in [4.69, 9.17) is 34.0 Å². The summed E-state index contributed by atoms with van der Waals surface area (Å²) in [6, 6.07) is 8.63. The van der Waals surface area contributed by atoms with Gasteiger partial charge in [-0.25, -0.2) is 4.79 Å². The number of urea groups is 1. The van der Waals surface area contributed by atoms with Gasteiger partial charge < -0.3 is 16.0 Å². The van der Waals surface area contributed by atoms with Crippen molar-refractivity contribution in [1.29, 1.82) is 0 Å². The van der Waals surface area contributed by atoms with Crippen LogP contribution in [0.3, 0.4) is 0 Å². The molecule has 0 bridgehead atoms. The molecule has 0 atom stereocenters. The second-order valence-corrected chi connectivity index (χ2v) is 7.29. The Morgan fingerprint density at radius 1 is 1.11 bits per heavy atom. The third-order valence-corrected chi connectivity index (χ3v) is 4.97. The van der Waals surface area contributed by atoms with Gasteiger partial charge in [0, 0.05) is 34.7 Å². The van der Waals surface area contributed by atoms with Gasteiger partial charge in [0.1, 0.15) is 5.82 Å². The summed E-state index contributed by atoms with van der Waals surface area (Å²) in [5, 5.41) is 16.9. The van der Waals surface area contributed by atoms with Crippen LogP contribution in [0, 0.1) is 0 Å². The Balaban J connectivity index is 1.62. The van der Waals surface area contributed by atoms with Crippen molar-refractivity contribution in [3.63, 3.8) is 0 Å². The summed E-state index contributed by atoms with van der Waals surface area (Å²) in [4.78, 5) is 13.2. The van der Waals surface area contributed by atoms with Crippen molar-refractivity contribution in [2.45, 2.75) is 18.9 Å². The lowest BCUT2D eigenvalue weighted by molar-refractivity contribution is 0.242. The Morgan fingerprint density at radius 2 is 1.81 bits per heavy atom. The zero-order valence-electron chi connectivity index (χ0n) is 14.3. The number of benzene rings is 1. The number of amides is 2. The van der Waals surface area contributed by atoms with Gasteiger partial charge >= 0.3 is 6.03 Å². The molecule has 0 saturated carbocycles. The van der Waals surface area contributed by atoms with Crippen molar-refractivity contribution in [3.8, 4) is 11.4 Å². The molecular formula is C17H17Cl2N7O. The summed E-state index contributed by atoms with van der Waals surface area (Å²) >= 11 is 12.2. The summed E-state index contributed by atoms with van der Waals surface area (Å²) in [5.41, 5.74) is 6.58. The Labute approximate surface area is 165 Å². The van der Waals surface area contributed by atoms with E-state index in [1.165, 1.54) is 0 Å². The lowest BCUT2D eigenvalue weighted by Gasteiger charge is -2.32. The van der Waals surface area contributed by atoms with Crippen LogP contribution in [0.5, 0.6) is 0 Å². The number of hydrogen-bond acceptors (Lipinski definition) is 5. The number of primary amides is 1. The highest BCUT2D eigenvalue weighted by molar-refractivity contribution is 6.35. The zero-order valence-corrected chi connectivity index (χ0v) is 15.8. The molecule has 2 aromatic heterocycles. The SMILES string of the molecule is NC(=O)NC1CCN(c2ccc3nnc(-c4cc(Cl)cc(Cl)c4)n3n2)CC1. The zero-order chi connectivity index (χ0) is 19.0. The third-order valence-electron chi connectivity index (χ3n) is 4.53. The molecule has 2 amide bonds. The molecule has 140 valence electrons. The van der Waals surface area contributed by atoms with Crippen LogP contribution < -0.4 is 16.0 Å². The van der Waals surface area contributed by atoms with E-state index in [0.717, 1.165) is 37.3 Å². The standard InChI is InChI=1S/C17H17Cl2N7O/c18-11-7-10(8-12(19)9-11)16-23-22-14-1-2-15(24-26(14)16)25-5-3-13(4-6-25)21-17(20)27/h1-2,7-9,13H,3-6H2,(H3,20,21,27). The van der Waals surface area contributed by atoms with Crippen LogP contribution in [0.4, 0.5) is 10.6 Å². The molecule has 0 aliphatic carbocycles. The molecule has 3 N–H and O–H groups in total. The monoisotopic (exact) mass is 405 g/mol. The van der Waals surface area contributed by atoms with E-state index in [-0.39, 0.29) is 6.04 Å². The summed E-state index contributed by atoms with van der Waals surface area (Å²) in [5.74, 6) is 1.38. The number of fused-ring (bicyclic) bond motifs is 1. The maximum absolute atomic E-state index is 11.0. The molecule has 1 aliphatic heterocycles. The minimum absolute atomic E-state index is 0.0987. The number of carbonyl (C=O) groups is 1. The maximum atomic E-state index is 11.0. The number of nitrogens with one attached hydrogen (secondary N) is 1. The number of anilines is 1. The van der Waals surface area contributed by atoms with Crippen LogP contribution in [0.1, 0.15) is 12.8 Å². The van der Waals surface area contributed by atoms with E-state index >= 15 is 0 Å². The largest absolute Gasteiger partial charge is 0.355 e. The number of nitrogens with zero attached hydrogens (tertiary/aromatic N) is 5. The summed E-state index contributed by atoms with van der Waals surface area (Å²) in [6.07, 6.45) is 1.61. The van der Waals surface area contributed by atoms with Gasteiger partial charge in [-0.2, -0.15) is 4.52 Å². The van der Waals surface area contributed by atoms with Crippen molar-refractivity contribution in [2.24, 2.45) is 5.73 Å². The molecule has 8 nitrogen and oxygen atoms in total. The quantitative estimate of drug-likeness (QED) is 0.697. The Morgan fingerprint density at radius 3 is 2.48 bits per heavy atom. The van der Waals surface area contributed by atoms with Gasteiger partial charge in [-0.3, -0.25) is 0 Å². The van der Waals surface area contributed by atoms with Gasteiger partial charge in [0.15, 0.2) is 11.5 Å². The number of hydrogen-bond donors (Lipinski definition) is 2. The van der Waals surface area contributed by atoms with E-state index in [1.54, 1.807) is 22.7 Å². The van der Waals surface area contributed by atoms with Crippen LogP contribution in [-0.4, -0.2) is 45.0 Å². The van der Waals surface area contributed by atoms with E-state index in [0.29, 0.717) is 21.5 Å². The van der Waals surface area contributed by atoms with Crippen LogP contribution in [0.2, 0.25) is 10.0 Å². The van der Waals surface area contributed by atoms with Gasteiger partial charge in [-0.1, -0.05) is 23.2 Å². The van der Waals surface area contributed by atoms with Crippen molar-refractivity contribution in [1.82, 2.24) is 25.1 Å². The molecule has 1 fully saturated rings. The first-order valence-corrected chi connectivity index (χ1v) is 9.25. The average Bonchev–Trinajstić information content (AvgIpc) is 3.04. The first-order chi connectivity index (χ1) is 13.0. The van der Waals surface area contributed by atoms with E-state index in [2.05, 4.69) is 20.4 Å². The fourth-order valence-corrected chi connectivity index (χ4v) is 3.79. The van der Waals surface area contributed by atoms with Crippen molar-refractivity contribution in [2.75, 3.05) is 18.0 Å². The molecule has 4 rings (SSSR count). The molecule has 1 aliphatic rings. The van der Waals surface area contributed by atoms with E-state index < -0.39 is 6.03 Å². The number of halogens is 2. The molecule has 3 aromatic rings. The van der Waals surface area contributed by atoms with E-state index in [9.17, 15) is 4.79 Å². The second-order valence-electron chi connectivity index (χ2n) is 6.41. The Kier molecular flexibility index (Phi) is 4.75. The lowest BCUT2D eigenvalue weighted by Crippen LogP contribution is -2.46. The molecule has 0 radical (unpaired) electrons. The third kappa shape index (κ3) is 3.77. The summed E-state index contributed by atoms with van der Waals surface area (Å²) < 4.78 is 1.69. The predicted molar refractivity (Wildman–Crippen MR) is 104 cm³/mol. The van der Waals surface area contributed by atoms with Gasteiger partial charge in [-0.05, 0) is 43.2 Å². The van der Waals surface area contributed by atoms with Crippen molar-refractivity contribution in [3.05, 3.63) is 40.4 Å². The van der Waals surface area contributed by atoms with Gasteiger partial charge in [-0.15, -0.1) is 15.3 Å². The normalized spacial score (nSPS) is 15.3. The number of rotatable bonds is 3. The minimum Gasteiger partial charge on any atom is -0.355 e. The Hall–Kier alpha value is -2.58. The Bertz CT molecular complexity index is 978. The van der Waals surface area contributed by atoms with Crippen LogP contribution in [-0.2, 0) is 0 Å². The number of carbonyl (C=O) groups excluding carboxylic acids is 1. The first kappa shape index (κ1) is 17.8. The van der Waals surface area contributed by atoms with Crippen LogP contribution >= 0.6 is 23.2 Å². The molecule has 0 unspecified atom stereocenters. The average molecular weight is 406 g/mol. The van der Waals surface area contributed by atoms with Crippen LogP contribution in [0.15, 0.2) is 30.3 Å². The highest BCUT2D eigenvalue weighted by Gasteiger charge is 2.22. The highest BCUT2D eigenvalue weighted by atomic mass is 35.5. The predicted octanol–water partition coefficient (Wildman–Crippen LogP) is 2.74. The van der Waals surface area contributed by atoms with Crippen molar-refractivity contribution < 1.29 is 4.79 Å². The molecule has 1 saturated heterocycles. The summed E-state index contributed by atoms with van der Waals surface area (Å²) in [6.45, 7) is 1.54. The smallest absolute Gasteiger partial charge is 0.312 e. The summed E-state index contributed by atoms with van der Waals surface area (Å²) in [7, 11) is 0.